The van der Waals surface area contributed by atoms with Gasteiger partial charge in [-0.15, -0.1) is 0 Å². The first-order chi connectivity index (χ1) is 7.77. The van der Waals surface area contributed by atoms with E-state index in [9.17, 15) is 5.11 Å². The largest absolute Gasteiger partial charge is 0.494 e. The highest BCUT2D eigenvalue weighted by Gasteiger charge is 2.06. The van der Waals surface area contributed by atoms with Gasteiger partial charge in [-0.2, -0.15) is 0 Å². The molecule has 0 radical (unpaired) electrons. The van der Waals surface area contributed by atoms with Gasteiger partial charge in [0.2, 0.25) is 0 Å². The van der Waals surface area contributed by atoms with Gasteiger partial charge in [-0.25, -0.2) is 0 Å². The molecule has 0 bridgehead atoms. The van der Waals surface area contributed by atoms with Crippen molar-refractivity contribution in [3.05, 3.63) is 29.8 Å². The summed E-state index contributed by atoms with van der Waals surface area (Å²) in [6.45, 7) is 3.36. The lowest BCUT2D eigenvalue weighted by atomic mass is 10.1. The van der Waals surface area contributed by atoms with Gasteiger partial charge < -0.3 is 14.6 Å². The Bertz CT molecular complexity index is 282. The first kappa shape index (κ1) is 13.0. The zero-order valence-electron chi connectivity index (χ0n) is 9.98. The molecule has 3 heteroatoms. The van der Waals surface area contributed by atoms with Gasteiger partial charge >= 0.3 is 0 Å². The summed E-state index contributed by atoms with van der Waals surface area (Å²) in [5.74, 6) is 0.851. The molecule has 1 aromatic carbocycles. The number of hydrogen-bond donors (Lipinski definition) is 1. The average Bonchev–Trinajstić information content (AvgIpc) is 2.34. The van der Waals surface area contributed by atoms with Crippen molar-refractivity contribution in [2.24, 2.45) is 0 Å². The Morgan fingerprint density at radius 1 is 1.19 bits per heavy atom. The normalized spacial score (nSPS) is 12.4. The quantitative estimate of drug-likeness (QED) is 0.773. The lowest BCUT2D eigenvalue weighted by Gasteiger charge is -2.11. The zero-order valence-corrected chi connectivity index (χ0v) is 9.98. The first-order valence-electron chi connectivity index (χ1n) is 5.67. The van der Waals surface area contributed by atoms with Crippen LogP contribution in [0.25, 0.3) is 0 Å². The molecular formula is C13H20O3. The number of benzene rings is 1. The Hall–Kier alpha value is -1.06. The molecule has 0 aromatic heterocycles. The van der Waals surface area contributed by atoms with E-state index in [1.54, 1.807) is 7.11 Å². The molecule has 16 heavy (non-hydrogen) atoms. The van der Waals surface area contributed by atoms with E-state index in [1.165, 1.54) is 0 Å². The van der Waals surface area contributed by atoms with Crippen LogP contribution in [-0.2, 0) is 4.74 Å². The molecule has 0 aliphatic heterocycles. The van der Waals surface area contributed by atoms with Gasteiger partial charge in [-0.1, -0.05) is 19.1 Å². The SMILES string of the molecule is CCCOc1ccc(C(O)CCOC)cc1. The average molecular weight is 224 g/mol. The third-order valence-corrected chi connectivity index (χ3v) is 2.33. The van der Waals surface area contributed by atoms with Crippen molar-refractivity contribution in [1.29, 1.82) is 0 Å². The molecule has 0 aliphatic rings. The van der Waals surface area contributed by atoms with Crippen molar-refractivity contribution in [1.82, 2.24) is 0 Å². The van der Waals surface area contributed by atoms with Gasteiger partial charge in [-0.3, -0.25) is 0 Å². The highest BCUT2D eigenvalue weighted by atomic mass is 16.5. The van der Waals surface area contributed by atoms with Crippen LogP contribution in [0, 0.1) is 0 Å². The summed E-state index contributed by atoms with van der Waals surface area (Å²) in [6, 6.07) is 7.57. The molecule has 0 saturated heterocycles. The summed E-state index contributed by atoms with van der Waals surface area (Å²) in [4.78, 5) is 0. The van der Waals surface area contributed by atoms with Gasteiger partial charge in [0.05, 0.1) is 12.7 Å². The van der Waals surface area contributed by atoms with Crippen LogP contribution in [0.1, 0.15) is 31.4 Å². The minimum absolute atomic E-state index is 0.458. The van der Waals surface area contributed by atoms with Crippen LogP contribution in [0.3, 0.4) is 0 Å². The zero-order chi connectivity index (χ0) is 11.8. The minimum atomic E-state index is -0.458. The van der Waals surface area contributed by atoms with Gasteiger partial charge in [0.1, 0.15) is 5.75 Å². The molecule has 1 rings (SSSR count). The molecule has 3 nitrogen and oxygen atoms in total. The Kier molecular flexibility index (Phi) is 5.90. The van der Waals surface area contributed by atoms with Crippen molar-refractivity contribution in [2.45, 2.75) is 25.9 Å². The van der Waals surface area contributed by atoms with Gasteiger partial charge in [0, 0.05) is 20.1 Å². The van der Waals surface area contributed by atoms with Gasteiger partial charge in [-0.05, 0) is 24.1 Å². The van der Waals surface area contributed by atoms with Crippen molar-refractivity contribution >= 4 is 0 Å². The maximum atomic E-state index is 9.80. The molecule has 1 aromatic rings. The van der Waals surface area contributed by atoms with Crippen molar-refractivity contribution in [2.75, 3.05) is 20.3 Å². The summed E-state index contributed by atoms with van der Waals surface area (Å²) in [6.07, 6.45) is 1.16. The third kappa shape index (κ3) is 4.21. The molecule has 1 unspecified atom stereocenters. The second kappa shape index (κ2) is 7.25. The maximum Gasteiger partial charge on any atom is 0.119 e. The number of hydrogen-bond acceptors (Lipinski definition) is 3. The number of ether oxygens (including phenoxy) is 2. The summed E-state index contributed by atoms with van der Waals surface area (Å²) in [7, 11) is 1.63. The summed E-state index contributed by atoms with van der Waals surface area (Å²) >= 11 is 0. The highest BCUT2D eigenvalue weighted by Crippen LogP contribution is 2.20. The standard InChI is InChI=1S/C13H20O3/c1-3-9-16-12-6-4-11(5-7-12)13(14)8-10-15-2/h4-7,13-14H,3,8-10H2,1-2H3. The smallest absolute Gasteiger partial charge is 0.119 e. The van der Waals surface area contributed by atoms with Crippen molar-refractivity contribution in [3.63, 3.8) is 0 Å². The fourth-order valence-corrected chi connectivity index (χ4v) is 1.40. The molecular weight excluding hydrogens is 204 g/mol. The summed E-state index contributed by atoms with van der Waals surface area (Å²) < 4.78 is 10.4. The third-order valence-electron chi connectivity index (χ3n) is 2.33. The van der Waals surface area contributed by atoms with E-state index in [0.717, 1.165) is 24.3 Å². The van der Waals surface area contributed by atoms with Crippen LogP contribution in [0.15, 0.2) is 24.3 Å². The van der Waals surface area contributed by atoms with Crippen LogP contribution in [-0.4, -0.2) is 25.4 Å². The molecule has 1 atom stereocenters. The number of methoxy groups -OCH3 is 1. The van der Waals surface area contributed by atoms with Crippen LogP contribution in [0.4, 0.5) is 0 Å². The fraction of sp³-hybridized carbons (Fsp3) is 0.538. The predicted molar refractivity (Wildman–Crippen MR) is 63.7 cm³/mol. The van der Waals surface area contributed by atoms with Crippen LogP contribution >= 0.6 is 0 Å². The fourth-order valence-electron chi connectivity index (χ4n) is 1.40. The van der Waals surface area contributed by atoms with E-state index in [4.69, 9.17) is 9.47 Å². The van der Waals surface area contributed by atoms with Crippen molar-refractivity contribution < 1.29 is 14.6 Å². The Morgan fingerprint density at radius 3 is 2.44 bits per heavy atom. The number of aliphatic hydroxyl groups excluding tert-OH is 1. The Balaban J connectivity index is 2.49. The Morgan fingerprint density at radius 2 is 1.88 bits per heavy atom. The predicted octanol–water partition coefficient (Wildman–Crippen LogP) is 2.55. The molecule has 0 fully saturated rings. The summed E-state index contributed by atoms with van der Waals surface area (Å²) in [5.41, 5.74) is 0.904. The molecule has 0 heterocycles. The second-order valence-electron chi connectivity index (χ2n) is 3.71. The lowest BCUT2D eigenvalue weighted by molar-refractivity contribution is 0.110. The highest BCUT2D eigenvalue weighted by molar-refractivity contribution is 5.28. The number of aliphatic hydroxyl groups is 1. The van der Waals surface area contributed by atoms with E-state index in [1.807, 2.05) is 24.3 Å². The second-order valence-corrected chi connectivity index (χ2v) is 3.71. The van der Waals surface area contributed by atoms with E-state index in [2.05, 4.69) is 6.92 Å². The van der Waals surface area contributed by atoms with E-state index < -0.39 is 6.10 Å². The van der Waals surface area contributed by atoms with Gasteiger partial charge in [0.25, 0.3) is 0 Å². The molecule has 0 saturated carbocycles. The van der Waals surface area contributed by atoms with E-state index in [0.29, 0.717) is 13.0 Å². The molecule has 90 valence electrons. The van der Waals surface area contributed by atoms with E-state index in [-0.39, 0.29) is 0 Å². The van der Waals surface area contributed by atoms with Crippen LogP contribution in [0.5, 0.6) is 5.75 Å². The molecule has 0 amide bonds. The molecule has 0 spiro atoms. The molecule has 1 N–H and O–H groups in total. The Labute approximate surface area is 97.0 Å². The van der Waals surface area contributed by atoms with Crippen molar-refractivity contribution in [3.8, 4) is 5.75 Å². The van der Waals surface area contributed by atoms with Crippen LogP contribution < -0.4 is 4.74 Å². The van der Waals surface area contributed by atoms with Crippen LogP contribution in [0.2, 0.25) is 0 Å². The lowest BCUT2D eigenvalue weighted by Crippen LogP contribution is -2.02. The van der Waals surface area contributed by atoms with Gasteiger partial charge in [0.15, 0.2) is 0 Å². The maximum absolute atomic E-state index is 9.80. The topological polar surface area (TPSA) is 38.7 Å². The first-order valence-corrected chi connectivity index (χ1v) is 5.67. The molecule has 0 aliphatic carbocycles. The monoisotopic (exact) mass is 224 g/mol. The number of rotatable bonds is 7. The van der Waals surface area contributed by atoms with E-state index >= 15 is 0 Å². The summed E-state index contributed by atoms with van der Waals surface area (Å²) in [5, 5.41) is 9.80. The minimum Gasteiger partial charge on any atom is -0.494 e.